The Balaban J connectivity index is 1.94. The van der Waals surface area contributed by atoms with Crippen molar-refractivity contribution in [1.82, 2.24) is 4.90 Å². The molecular formula is C16H33NO. The van der Waals surface area contributed by atoms with E-state index in [4.69, 9.17) is 5.11 Å². The topological polar surface area (TPSA) is 23.5 Å². The number of unbranched alkanes of at least 4 members (excludes halogenated alkanes) is 6. The summed E-state index contributed by atoms with van der Waals surface area (Å²) in [6.07, 6.45) is 14.1. The van der Waals surface area contributed by atoms with Crippen LogP contribution in [0.15, 0.2) is 0 Å². The summed E-state index contributed by atoms with van der Waals surface area (Å²) in [5.41, 5.74) is 0. The molecule has 0 aliphatic carbocycles. The van der Waals surface area contributed by atoms with E-state index in [1.165, 1.54) is 77.3 Å². The summed E-state index contributed by atoms with van der Waals surface area (Å²) >= 11 is 0. The first kappa shape index (κ1) is 16.0. The number of hydrogen-bond acceptors (Lipinski definition) is 2. The number of likely N-dealkylation sites (tertiary alicyclic amines) is 1. The molecule has 2 heteroatoms. The van der Waals surface area contributed by atoms with Gasteiger partial charge in [0.15, 0.2) is 0 Å². The van der Waals surface area contributed by atoms with Crippen molar-refractivity contribution in [3.63, 3.8) is 0 Å². The van der Waals surface area contributed by atoms with Gasteiger partial charge in [0.05, 0.1) is 6.61 Å². The Morgan fingerprint density at radius 3 is 2.50 bits per heavy atom. The number of β-amino-alcohol motifs (C(OH)–C–C–N with tert-alkyl or cyclic N) is 1. The van der Waals surface area contributed by atoms with E-state index in [-0.39, 0.29) is 0 Å². The first-order chi connectivity index (χ1) is 8.86. The molecule has 0 aromatic heterocycles. The lowest BCUT2D eigenvalue weighted by atomic mass is 9.92. The van der Waals surface area contributed by atoms with E-state index in [0.717, 1.165) is 12.5 Å². The summed E-state index contributed by atoms with van der Waals surface area (Å²) in [5.74, 6) is 0.904. The zero-order valence-corrected chi connectivity index (χ0v) is 12.4. The molecule has 1 heterocycles. The lowest BCUT2D eigenvalue weighted by Gasteiger charge is -2.32. The van der Waals surface area contributed by atoms with Gasteiger partial charge >= 0.3 is 0 Å². The SMILES string of the molecule is CCCCCCCCCC1CCCN(CCO)C1. The van der Waals surface area contributed by atoms with Gasteiger partial charge < -0.3 is 10.0 Å². The minimum atomic E-state index is 0.324. The van der Waals surface area contributed by atoms with Crippen LogP contribution in [0.4, 0.5) is 0 Å². The summed E-state index contributed by atoms with van der Waals surface area (Å²) in [4.78, 5) is 2.44. The molecule has 1 saturated heterocycles. The minimum Gasteiger partial charge on any atom is -0.395 e. The van der Waals surface area contributed by atoms with Crippen LogP contribution in [-0.4, -0.2) is 36.2 Å². The van der Waals surface area contributed by atoms with E-state index in [1.54, 1.807) is 0 Å². The molecule has 0 radical (unpaired) electrons. The molecule has 2 nitrogen and oxygen atoms in total. The Kier molecular flexibility index (Phi) is 9.59. The van der Waals surface area contributed by atoms with Gasteiger partial charge in [0.25, 0.3) is 0 Å². The predicted molar refractivity (Wildman–Crippen MR) is 78.9 cm³/mol. The lowest BCUT2D eigenvalue weighted by molar-refractivity contribution is 0.135. The normalized spacial score (nSPS) is 21.3. The molecule has 1 aliphatic rings. The molecule has 1 aliphatic heterocycles. The summed E-state index contributed by atoms with van der Waals surface area (Å²) in [5, 5.41) is 8.98. The number of hydrogen-bond donors (Lipinski definition) is 1. The second kappa shape index (κ2) is 10.8. The van der Waals surface area contributed by atoms with Crippen molar-refractivity contribution in [2.24, 2.45) is 5.92 Å². The van der Waals surface area contributed by atoms with Crippen molar-refractivity contribution < 1.29 is 5.11 Å². The Hall–Kier alpha value is -0.0800. The predicted octanol–water partition coefficient (Wildman–Crippen LogP) is 3.83. The number of aliphatic hydroxyl groups is 1. The Bertz CT molecular complexity index is 182. The molecular weight excluding hydrogens is 222 g/mol. The van der Waals surface area contributed by atoms with E-state index in [1.807, 2.05) is 0 Å². The third-order valence-electron chi connectivity index (χ3n) is 4.24. The minimum absolute atomic E-state index is 0.324. The Morgan fingerprint density at radius 1 is 1.06 bits per heavy atom. The van der Waals surface area contributed by atoms with Crippen LogP contribution in [0.2, 0.25) is 0 Å². The van der Waals surface area contributed by atoms with Gasteiger partial charge in [0.2, 0.25) is 0 Å². The van der Waals surface area contributed by atoms with Crippen LogP contribution in [0.1, 0.15) is 71.1 Å². The number of piperidine rings is 1. The van der Waals surface area contributed by atoms with Crippen molar-refractivity contribution in [3.05, 3.63) is 0 Å². The molecule has 0 bridgehead atoms. The first-order valence-corrected chi connectivity index (χ1v) is 8.20. The molecule has 0 aromatic rings. The first-order valence-electron chi connectivity index (χ1n) is 8.20. The van der Waals surface area contributed by atoms with Crippen LogP contribution in [0, 0.1) is 5.92 Å². The van der Waals surface area contributed by atoms with Crippen LogP contribution in [0.5, 0.6) is 0 Å². The van der Waals surface area contributed by atoms with Gasteiger partial charge in [0, 0.05) is 13.1 Å². The molecule has 0 saturated carbocycles. The average Bonchev–Trinajstić information content (AvgIpc) is 2.39. The summed E-state index contributed by atoms with van der Waals surface area (Å²) in [6, 6.07) is 0. The van der Waals surface area contributed by atoms with Crippen molar-refractivity contribution in [1.29, 1.82) is 0 Å². The molecule has 1 atom stereocenters. The average molecular weight is 255 g/mol. The van der Waals surface area contributed by atoms with Crippen LogP contribution in [0.3, 0.4) is 0 Å². The fourth-order valence-corrected chi connectivity index (χ4v) is 3.12. The van der Waals surface area contributed by atoms with Gasteiger partial charge in [-0.2, -0.15) is 0 Å². The molecule has 0 aromatic carbocycles. The Labute approximate surface area is 114 Å². The quantitative estimate of drug-likeness (QED) is 0.600. The second-order valence-electron chi connectivity index (χ2n) is 5.94. The van der Waals surface area contributed by atoms with E-state index >= 15 is 0 Å². The highest BCUT2D eigenvalue weighted by molar-refractivity contribution is 4.72. The van der Waals surface area contributed by atoms with Gasteiger partial charge in [-0.05, 0) is 31.7 Å². The third-order valence-corrected chi connectivity index (χ3v) is 4.24. The van der Waals surface area contributed by atoms with Crippen LogP contribution < -0.4 is 0 Å². The second-order valence-corrected chi connectivity index (χ2v) is 5.94. The number of rotatable bonds is 10. The molecule has 0 spiro atoms. The maximum Gasteiger partial charge on any atom is 0.0558 e. The fraction of sp³-hybridized carbons (Fsp3) is 1.00. The van der Waals surface area contributed by atoms with Crippen LogP contribution >= 0.6 is 0 Å². The molecule has 108 valence electrons. The zero-order valence-electron chi connectivity index (χ0n) is 12.4. The van der Waals surface area contributed by atoms with Crippen molar-refractivity contribution in [3.8, 4) is 0 Å². The van der Waals surface area contributed by atoms with Gasteiger partial charge in [-0.3, -0.25) is 0 Å². The standard InChI is InChI=1S/C16H33NO/c1-2-3-4-5-6-7-8-10-16-11-9-12-17(15-16)13-14-18/h16,18H,2-15H2,1H3. The molecule has 1 N–H and O–H groups in total. The highest BCUT2D eigenvalue weighted by Crippen LogP contribution is 2.22. The molecule has 1 fully saturated rings. The van der Waals surface area contributed by atoms with Crippen LogP contribution in [-0.2, 0) is 0 Å². The van der Waals surface area contributed by atoms with E-state index in [2.05, 4.69) is 11.8 Å². The van der Waals surface area contributed by atoms with E-state index < -0.39 is 0 Å². The molecule has 18 heavy (non-hydrogen) atoms. The van der Waals surface area contributed by atoms with E-state index in [9.17, 15) is 0 Å². The summed E-state index contributed by atoms with van der Waals surface area (Å²) < 4.78 is 0. The smallest absolute Gasteiger partial charge is 0.0558 e. The van der Waals surface area contributed by atoms with Gasteiger partial charge in [0.1, 0.15) is 0 Å². The van der Waals surface area contributed by atoms with Crippen molar-refractivity contribution >= 4 is 0 Å². The highest BCUT2D eigenvalue weighted by atomic mass is 16.3. The monoisotopic (exact) mass is 255 g/mol. The van der Waals surface area contributed by atoms with E-state index in [0.29, 0.717) is 6.61 Å². The van der Waals surface area contributed by atoms with Gasteiger partial charge in [-0.15, -0.1) is 0 Å². The number of nitrogens with zero attached hydrogens (tertiary/aromatic N) is 1. The summed E-state index contributed by atoms with van der Waals surface area (Å²) in [6.45, 7) is 5.92. The van der Waals surface area contributed by atoms with Crippen molar-refractivity contribution in [2.75, 3.05) is 26.2 Å². The molecule has 1 rings (SSSR count). The van der Waals surface area contributed by atoms with Crippen LogP contribution in [0.25, 0.3) is 0 Å². The third kappa shape index (κ3) is 7.38. The van der Waals surface area contributed by atoms with Gasteiger partial charge in [-0.1, -0.05) is 51.9 Å². The molecule has 0 amide bonds. The lowest BCUT2D eigenvalue weighted by Crippen LogP contribution is -2.37. The summed E-state index contributed by atoms with van der Waals surface area (Å²) in [7, 11) is 0. The fourth-order valence-electron chi connectivity index (χ4n) is 3.12. The highest BCUT2D eigenvalue weighted by Gasteiger charge is 2.18. The zero-order chi connectivity index (χ0) is 13.1. The van der Waals surface area contributed by atoms with Gasteiger partial charge in [-0.25, -0.2) is 0 Å². The maximum absolute atomic E-state index is 8.98. The molecule has 1 unspecified atom stereocenters. The largest absolute Gasteiger partial charge is 0.395 e. The van der Waals surface area contributed by atoms with Crippen molar-refractivity contribution in [2.45, 2.75) is 71.1 Å². The maximum atomic E-state index is 8.98. The number of aliphatic hydroxyl groups excluding tert-OH is 1. The Morgan fingerprint density at radius 2 is 1.78 bits per heavy atom.